The van der Waals surface area contributed by atoms with E-state index in [0.29, 0.717) is 80.4 Å². The smallest absolute Gasteiger partial charge is 0.410 e. The Morgan fingerprint density at radius 3 is 1.26 bits per heavy atom. The van der Waals surface area contributed by atoms with Crippen LogP contribution in [-0.2, 0) is 38.8 Å². The molecule has 0 saturated carbocycles. The van der Waals surface area contributed by atoms with Gasteiger partial charge in [-0.25, -0.2) is 69.3 Å². The highest BCUT2D eigenvalue weighted by atomic mass is 35.5. The number of carbonyl (C=O) groups is 6. The monoisotopic (exact) mass is 1310 g/mol. The lowest BCUT2D eigenvalue weighted by molar-refractivity contribution is 0.0515. The molecule has 0 aromatic carbocycles. The summed E-state index contributed by atoms with van der Waals surface area (Å²) < 4.78 is 23.4. The number of fused-ring (bicyclic) bond motifs is 6. The van der Waals surface area contributed by atoms with Crippen LogP contribution in [-0.4, -0.2) is 209 Å². The Bertz CT molecular complexity index is 3670. The number of hydrogen-bond donors (Lipinski definition) is 4. The highest BCUT2D eigenvalue weighted by Gasteiger charge is 2.48. The number of pyridine rings is 3. The molecule has 6 fully saturated rings. The predicted octanol–water partition coefficient (Wildman–Crippen LogP) is 4.03. The van der Waals surface area contributed by atoms with E-state index in [1.165, 1.54) is 46.6 Å². The summed E-state index contributed by atoms with van der Waals surface area (Å²) in [5.74, 6) is 0.307. The lowest BCUT2D eigenvalue weighted by atomic mass is 10.2. The van der Waals surface area contributed by atoms with E-state index in [0.717, 1.165) is 49.0 Å². The van der Waals surface area contributed by atoms with Crippen molar-refractivity contribution < 1.29 is 58.0 Å². The lowest BCUT2D eigenvalue weighted by Crippen LogP contribution is -2.49. The zero-order valence-corrected chi connectivity index (χ0v) is 52.0. The van der Waals surface area contributed by atoms with Crippen molar-refractivity contribution >= 4 is 66.3 Å². The Hall–Kier alpha value is -10.7. The van der Waals surface area contributed by atoms with Gasteiger partial charge in [0.1, 0.15) is 25.9 Å². The van der Waals surface area contributed by atoms with Crippen LogP contribution in [0, 0.1) is 0 Å². The fourth-order valence-electron chi connectivity index (χ4n) is 11.1. The number of nitrogens with zero attached hydrogens (tertiary/aromatic N) is 18. The minimum Gasteiger partial charge on any atom is -0.462 e. The average molecular weight is 1310 g/mol. The molecule has 0 unspecified atom stereocenters. The summed E-state index contributed by atoms with van der Waals surface area (Å²) >= 11 is 0. The van der Waals surface area contributed by atoms with E-state index >= 15 is 0 Å². The largest absolute Gasteiger partial charge is 0.462 e. The Balaban J connectivity index is 0.000000146. The van der Waals surface area contributed by atoms with Gasteiger partial charge in [0.2, 0.25) is 17.8 Å². The number of nitrogens with one attached hydrogen (secondary N) is 2. The van der Waals surface area contributed by atoms with Crippen LogP contribution in [0.5, 0.6) is 0 Å². The van der Waals surface area contributed by atoms with E-state index in [-0.39, 0.29) is 86.1 Å². The van der Waals surface area contributed by atoms with Crippen molar-refractivity contribution in [3.63, 3.8) is 0 Å². The van der Waals surface area contributed by atoms with Crippen LogP contribution in [0.3, 0.4) is 0 Å². The van der Waals surface area contributed by atoms with E-state index in [9.17, 15) is 28.8 Å². The summed E-state index contributed by atoms with van der Waals surface area (Å²) in [6, 6.07) is 12.2. The molecule has 6 aliphatic rings. The van der Waals surface area contributed by atoms with E-state index < -0.39 is 11.9 Å². The van der Waals surface area contributed by atoms with Gasteiger partial charge in [0, 0.05) is 162 Å². The Morgan fingerprint density at radius 2 is 0.936 bits per heavy atom. The summed E-state index contributed by atoms with van der Waals surface area (Å²) in [5, 5.41) is 20.6. The minimum absolute atomic E-state index is 0. The van der Waals surface area contributed by atoms with Crippen molar-refractivity contribution in [3.8, 4) is 0 Å². The number of piperazine rings is 3. The van der Waals surface area contributed by atoms with Crippen LogP contribution in [0.25, 0.3) is 0 Å². The van der Waals surface area contributed by atoms with Gasteiger partial charge in [0.25, 0.3) is 5.91 Å². The van der Waals surface area contributed by atoms with Crippen molar-refractivity contribution in [3.05, 3.63) is 182 Å². The topological polar surface area (TPSA) is 372 Å². The fourth-order valence-corrected chi connectivity index (χ4v) is 11.1. The Labute approximate surface area is 544 Å². The number of aliphatic hydroxyl groups excluding tert-OH is 1. The third kappa shape index (κ3) is 17.3. The van der Waals surface area contributed by atoms with Crippen molar-refractivity contribution in [2.45, 2.75) is 89.2 Å². The van der Waals surface area contributed by atoms with Gasteiger partial charge in [-0.2, -0.15) is 0 Å². The molecule has 6 bridgehead atoms. The molecule has 492 valence electrons. The molecule has 6 atom stereocenters. The molecule has 0 radical (unpaired) electrons. The number of hydrogen-bond acceptors (Lipinski definition) is 27. The van der Waals surface area contributed by atoms with Crippen molar-refractivity contribution in [2.75, 3.05) is 67.2 Å². The number of ether oxygens (including phenoxy) is 4. The summed E-state index contributed by atoms with van der Waals surface area (Å²) in [6.45, 7) is 8.99. The zero-order chi connectivity index (χ0) is 65.1. The second-order valence-electron chi connectivity index (χ2n) is 21.6. The Morgan fingerprint density at radius 1 is 0.511 bits per heavy atom. The van der Waals surface area contributed by atoms with Gasteiger partial charge in [0.05, 0.1) is 60.7 Å². The van der Waals surface area contributed by atoms with Crippen LogP contribution in [0.4, 0.5) is 32.2 Å². The summed E-state index contributed by atoms with van der Waals surface area (Å²) in [6.07, 6.45) is 30.1. The SMILES string of the molecule is CCOC(=O)c1cnc(N2C[C@@H]3C[C@H]2CN3)nc1.CCOC(=O)c1cnc(N2C[C@@H]3C[C@H]2CN3C(=O)OCc2cccnc2)nc1.Cl.O=C(NO)c1cnc(N2C[C@@H]3C[C@H]2CN3C(=O)OCc2cccnc2)nc1.O=C(n1ccnc1)n1ccnc1.OCc1cccnc1. The number of carbonyl (C=O) groups excluding carboxylic acids is 6. The number of halogens is 1. The first-order valence-corrected chi connectivity index (χ1v) is 29.8. The third-order valence-corrected chi connectivity index (χ3v) is 15.6. The fraction of sp³-hybridized carbons (Fsp3) is 0.361. The standard InChI is InChI=1S/C19H21N5O4.C17H18N6O4.C12H16N4O2.C7H6N4O.C6H7NO.ClH/c1-2-27-17(25)14-8-21-18(22-9-14)23-10-16-6-15(23)11-24(16)19(26)28-12-13-4-3-5-20-7-13;24-15(21-26)12-6-19-16(20-7-12)22-8-14-4-13(22)9-23(14)17(25)27-10-11-2-1-3-18-5-11;1-2-18-11(17)8-4-14-12(15-5-8)16-7-9-3-10(16)6-13-9;12-7(10-3-1-8-5-10)11-4-2-9-6-11;8-5-6-2-1-3-7-4-6;/h3-5,7-9,15-16H,2,6,10-12H2,1H3;1-3,5-7,13-14,26H,4,8-10H2,(H,21,24);4-5,9-10,13H,2-3,6-7H2,1H3;1-6H;1-4,8H,5H2;1H/t15-,16-;13-,14-;9-,10-;;;/m000.../s1. The molecule has 32 nitrogen and oxygen atoms in total. The van der Waals surface area contributed by atoms with E-state index in [4.69, 9.17) is 29.3 Å². The first-order chi connectivity index (χ1) is 45.4. The molecule has 6 aliphatic heterocycles. The number of rotatable bonds is 13. The van der Waals surface area contributed by atoms with E-state index in [2.05, 4.69) is 69.9 Å². The first-order valence-electron chi connectivity index (χ1n) is 29.8. The maximum Gasteiger partial charge on any atom is 0.410 e. The number of aromatic nitrogens is 13. The van der Waals surface area contributed by atoms with E-state index in [1.807, 2.05) is 29.2 Å². The quantitative estimate of drug-likeness (QED) is 0.0548. The first kappa shape index (κ1) is 67.7. The molecule has 8 aromatic rings. The summed E-state index contributed by atoms with van der Waals surface area (Å²) in [5.41, 5.74) is 5.01. The van der Waals surface area contributed by atoms with Gasteiger partial charge in [-0.15, -0.1) is 12.4 Å². The average Bonchev–Trinajstić information content (AvgIpc) is 1.64. The molecule has 3 amide bonds. The van der Waals surface area contributed by atoms with Gasteiger partial charge >= 0.3 is 30.2 Å². The van der Waals surface area contributed by atoms with Gasteiger partial charge in [0.15, 0.2) is 0 Å². The molecular weight excluding hydrogens is 1240 g/mol. The van der Waals surface area contributed by atoms with Crippen LogP contribution in [0.2, 0.25) is 0 Å². The number of esters is 2. The second kappa shape index (κ2) is 33.0. The molecule has 0 spiro atoms. The van der Waals surface area contributed by atoms with Crippen molar-refractivity contribution in [1.29, 1.82) is 0 Å². The molecule has 8 aromatic heterocycles. The van der Waals surface area contributed by atoms with Crippen LogP contribution >= 0.6 is 12.4 Å². The molecule has 4 N–H and O–H groups in total. The maximum atomic E-state index is 12.4. The van der Waals surface area contributed by atoms with Crippen LogP contribution in [0.15, 0.2) is 148 Å². The molecule has 14 rings (SSSR count). The summed E-state index contributed by atoms with van der Waals surface area (Å²) in [7, 11) is 0. The van der Waals surface area contributed by atoms with Crippen LogP contribution < -0.4 is 25.5 Å². The zero-order valence-electron chi connectivity index (χ0n) is 51.2. The third-order valence-electron chi connectivity index (χ3n) is 15.6. The van der Waals surface area contributed by atoms with Crippen molar-refractivity contribution in [1.82, 2.24) is 84.6 Å². The lowest BCUT2D eigenvalue weighted by Gasteiger charge is -2.33. The second-order valence-corrected chi connectivity index (χ2v) is 21.6. The van der Waals surface area contributed by atoms with Gasteiger partial charge in [-0.05, 0) is 56.9 Å². The maximum absolute atomic E-state index is 12.4. The highest BCUT2D eigenvalue weighted by molar-refractivity contribution is 5.92. The van der Waals surface area contributed by atoms with Gasteiger partial charge < -0.3 is 53.9 Å². The number of anilines is 3. The van der Waals surface area contributed by atoms with Crippen molar-refractivity contribution in [2.24, 2.45) is 0 Å². The molecule has 94 heavy (non-hydrogen) atoms. The number of aliphatic hydroxyl groups is 1. The van der Waals surface area contributed by atoms with Crippen LogP contribution in [0.1, 0.15) is 80.9 Å². The number of likely N-dealkylation sites (tertiary alicyclic amines) is 2. The van der Waals surface area contributed by atoms with Gasteiger partial charge in [-0.1, -0.05) is 18.2 Å². The number of hydroxylamine groups is 1. The van der Waals surface area contributed by atoms with Gasteiger partial charge in [-0.3, -0.25) is 34.1 Å². The Kier molecular flexibility index (Phi) is 23.8. The number of imidazole rings is 2. The normalized spacial score (nSPS) is 18.9. The minimum atomic E-state index is -0.660. The highest BCUT2D eigenvalue weighted by Crippen LogP contribution is 2.35. The molecule has 33 heteroatoms. The predicted molar refractivity (Wildman–Crippen MR) is 334 cm³/mol. The molecule has 14 heterocycles. The molecule has 0 aliphatic carbocycles. The molecule has 6 saturated heterocycles. The molecular formula is C61H69ClN20O12. The number of amides is 3. The van der Waals surface area contributed by atoms with E-state index in [1.54, 1.807) is 116 Å². The summed E-state index contributed by atoms with van der Waals surface area (Å²) in [4.78, 5) is 125.